The van der Waals surface area contributed by atoms with E-state index in [2.05, 4.69) is 31.3 Å². The Kier molecular flexibility index (Phi) is 55.5. The van der Waals surface area contributed by atoms with Crippen LogP contribution in [-0.4, -0.2) is 47.4 Å². The van der Waals surface area contributed by atoms with E-state index >= 15 is 0 Å². The lowest BCUT2D eigenvalue weighted by molar-refractivity contribution is -0.143. The maximum absolute atomic E-state index is 12.5. The summed E-state index contributed by atoms with van der Waals surface area (Å²) in [7, 11) is 0. The first-order valence-electron chi connectivity index (χ1n) is 30.1. The van der Waals surface area contributed by atoms with E-state index < -0.39 is 12.1 Å². The van der Waals surface area contributed by atoms with Crippen LogP contribution in [0.4, 0.5) is 0 Å². The van der Waals surface area contributed by atoms with Crippen LogP contribution in [0.15, 0.2) is 24.3 Å². The molecule has 0 aliphatic heterocycles. The minimum Gasteiger partial charge on any atom is -0.466 e. The van der Waals surface area contributed by atoms with E-state index in [1.807, 2.05) is 6.08 Å². The van der Waals surface area contributed by atoms with Crippen molar-refractivity contribution in [1.29, 1.82) is 0 Å². The molecule has 396 valence electrons. The molecule has 0 aromatic carbocycles. The van der Waals surface area contributed by atoms with Crippen LogP contribution in [0.1, 0.15) is 328 Å². The van der Waals surface area contributed by atoms with Crippen LogP contribution >= 0.6 is 0 Å². The molecule has 0 heterocycles. The van der Waals surface area contributed by atoms with Crippen molar-refractivity contribution < 1.29 is 24.5 Å². The highest BCUT2D eigenvalue weighted by molar-refractivity contribution is 5.76. The van der Waals surface area contributed by atoms with Gasteiger partial charge in [0, 0.05) is 12.8 Å². The van der Waals surface area contributed by atoms with Crippen molar-refractivity contribution in [3.8, 4) is 0 Å². The van der Waals surface area contributed by atoms with Gasteiger partial charge >= 0.3 is 5.97 Å². The number of aliphatic hydroxyl groups is 2. The third-order valence-electron chi connectivity index (χ3n) is 14.0. The number of carbonyl (C=O) groups is 2. The molecule has 3 N–H and O–H groups in total. The van der Waals surface area contributed by atoms with Gasteiger partial charge in [-0.3, -0.25) is 9.59 Å². The Hall–Kier alpha value is -1.66. The normalized spacial score (nSPS) is 12.7. The maximum atomic E-state index is 12.5. The zero-order valence-electron chi connectivity index (χ0n) is 45.1. The summed E-state index contributed by atoms with van der Waals surface area (Å²) >= 11 is 0. The minimum absolute atomic E-state index is 0.000653. The molecule has 0 aliphatic rings. The van der Waals surface area contributed by atoms with Gasteiger partial charge < -0.3 is 20.3 Å². The Morgan fingerprint density at radius 2 is 0.701 bits per heavy atom. The van der Waals surface area contributed by atoms with Crippen LogP contribution in [-0.2, 0) is 14.3 Å². The van der Waals surface area contributed by atoms with Crippen molar-refractivity contribution in [2.45, 2.75) is 341 Å². The number of aliphatic hydroxyl groups excluding tert-OH is 2. The van der Waals surface area contributed by atoms with Gasteiger partial charge in [-0.2, -0.15) is 0 Å². The molecule has 0 spiro atoms. The number of esters is 1. The summed E-state index contributed by atoms with van der Waals surface area (Å²) in [6.07, 6.45) is 69.2. The highest BCUT2D eigenvalue weighted by Gasteiger charge is 2.18. The molecule has 0 rings (SSSR count). The molecule has 0 fully saturated rings. The highest BCUT2D eigenvalue weighted by atomic mass is 16.5. The van der Waals surface area contributed by atoms with Gasteiger partial charge in [0.2, 0.25) is 5.91 Å². The van der Waals surface area contributed by atoms with Crippen molar-refractivity contribution in [2.75, 3.05) is 13.2 Å². The lowest BCUT2D eigenvalue weighted by Crippen LogP contribution is -2.45. The van der Waals surface area contributed by atoms with Crippen molar-refractivity contribution in [2.24, 2.45) is 0 Å². The van der Waals surface area contributed by atoms with Gasteiger partial charge in [0.05, 0.1) is 25.4 Å². The van der Waals surface area contributed by atoms with Gasteiger partial charge in [0.15, 0.2) is 0 Å². The van der Waals surface area contributed by atoms with Crippen LogP contribution in [0.3, 0.4) is 0 Å². The molecule has 0 aromatic rings. The molecule has 6 nitrogen and oxygen atoms in total. The largest absolute Gasteiger partial charge is 0.466 e. The summed E-state index contributed by atoms with van der Waals surface area (Å²) in [6, 6.07) is -0.630. The predicted molar refractivity (Wildman–Crippen MR) is 292 cm³/mol. The van der Waals surface area contributed by atoms with Crippen LogP contribution in [0, 0.1) is 0 Å². The Balaban J connectivity index is 3.43. The fourth-order valence-electron chi connectivity index (χ4n) is 9.34. The number of hydrogen-bond donors (Lipinski definition) is 3. The standard InChI is InChI=1S/C61H117NO5/c1-3-5-7-9-11-13-15-17-18-19-23-26-30-33-37-41-45-49-53-59(64)58(57-63)62-60(65)54-50-46-42-38-34-31-27-24-21-20-22-25-28-32-36-40-44-48-52-56-67-61(66)55-51-47-43-39-35-29-16-14-12-10-8-6-4-2/h14,16,49,53,58-59,63-64H,3-13,15,17-48,50-52,54-57H2,1-2H3,(H,62,65)/b16-14-,53-49+. The van der Waals surface area contributed by atoms with E-state index in [9.17, 15) is 19.8 Å². The second-order valence-corrected chi connectivity index (χ2v) is 20.7. The molecule has 0 bridgehead atoms. The topological polar surface area (TPSA) is 95.9 Å². The number of nitrogens with one attached hydrogen (secondary N) is 1. The fourth-order valence-corrected chi connectivity index (χ4v) is 9.34. The van der Waals surface area contributed by atoms with E-state index in [-0.39, 0.29) is 18.5 Å². The molecule has 2 unspecified atom stereocenters. The van der Waals surface area contributed by atoms with Crippen LogP contribution in [0.25, 0.3) is 0 Å². The molecular formula is C61H117NO5. The first-order chi connectivity index (χ1) is 33.0. The third kappa shape index (κ3) is 53.5. The molecular weight excluding hydrogens is 827 g/mol. The van der Waals surface area contributed by atoms with Crippen LogP contribution < -0.4 is 5.32 Å². The zero-order valence-corrected chi connectivity index (χ0v) is 45.1. The molecule has 0 radical (unpaired) electrons. The van der Waals surface area contributed by atoms with Crippen LogP contribution in [0.5, 0.6) is 0 Å². The summed E-state index contributed by atoms with van der Waals surface area (Å²) in [5.74, 6) is -0.0693. The van der Waals surface area contributed by atoms with Crippen molar-refractivity contribution in [1.82, 2.24) is 5.32 Å². The number of rotatable bonds is 56. The Labute approximate surface area is 418 Å². The van der Waals surface area contributed by atoms with Gasteiger partial charge in [-0.05, 0) is 57.8 Å². The zero-order chi connectivity index (χ0) is 48.6. The van der Waals surface area contributed by atoms with Gasteiger partial charge in [0.25, 0.3) is 0 Å². The van der Waals surface area contributed by atoms with Gasteiger partial charge in [0.1, 0.15) is 0 Å². The molecule has 67 heavy (non-hydrogen) atoms. The van der Waals surface area contributed by atoms with Gasteiger partial charge in [-0.15, -0.1) is 0 Å². The number of ether oxygens (including phenoxy) is 1. The smallest absolute Gasteiger partial charge is 0.305 e. The summed E-state index contributed by atoms with van der Waals surface area (Å²) < 4.78 is 5.47. The lowest BCUT2D eigenvalue weighted by Gasteiger charge is -2.20. The SMILES string of the molecule is CCCCCC/C=C\CCCCCCCC(=O)OCCCCCCCCCCCCCCCCCCCCCC(=O)NC(CO)C(O)/C=C/CCCCCCCCCCCCCCCCCC. The Morgan fingerprint density at radius 3 is 1.07 bits per heavy atom. The molecule has 0 saturated carbocycles. The molecule has 0 aliphatic carbocycles. The van der Waals surface area contributed by atoms with E-state index in [1.165, 1.54) is 257 Å². The summed E-state index contributed by atoms with van der Waals surface area (Å²) in [5.41, 5.74) is 0. The highest BCUT2D eigenvalue weighted by Crippen LogP contribution is 2.17. The minimum atomic E-state index is -0.847. The van der Waals surface area contributed by atoms with Gasteiger partial charge in [-0.25, -0.2) is 0 Å². The Bertz CT molecular complexity index is 1040. The second kappa shape index (κ2) is 56.9. The summed E-state index contributed by atoms with van der Waals surface area (Å²) in [6.45, 7) is 4.90. The lowest BCUT2D eigenvalue weighted by atomic mass is 10.0. The average molecular weight is 945 g/mol. The fraction of sp³-hybridized carbons (Fsp3) is 0.902. The van der Waals surface area contributed by atoms with E-state index in [0.29, 0.717) is 19.4 Å². The quantitative estimate of drug-likeness (QED) is 0.0321. The summed E-state index contributed by atoms with van der Waals surface area (Å²) in [4.78, 5) is 24.5. The van der Waals surface area contributed by atoms with E-state index in [4.69, 9.17) is 4.74 Å². The average Bonchev–Trinajstić information content (AvgIpc) is 3.33. The van der Waals surface area contributed by atoms with Crippen molar-refractivity contribution in [3.63, 3.8) is 0 Å². The number of allylic oxidation sites excluding steroid dienone is 3. The van der Waals surface area contributed by atoms with Crippen molar-refractivity contribution in [3.05, 3.63) is 24.3 Å². The molecule has 1 amide bonds. The molecule has 0 aromatic heterocycles. The second-order valence-electron chi connectivity index (χ2n) is 20.7. The monoisotopic (exact) mass is 944 g/mol. The number of amides is 1. The molecule has 6 heteroatoms. The first kappa shape index (κ1) is 65.3. The van der Waals surface area contributed by atoms with E-state index in [0.717, 1.165) is 44.9 Å². The number of hydrogen-bond acceptors (Lipinski definition) is 5. The molecule has 2 atom stereocenters. The number of unbranched alkanes of at least 4 members (excludes halogenated alkanes) is 43. The van der Waals surface area contributed by atoms with Crippen LogP contribution in [0.2, 0.25) is 0 Å². The number of carbonyl (C=O) groups excluding carboxylic acids is 2. The third-order valence-corrected chi connectivity index (χ3v) is 14.0. The predicted octanol–water partition coefficient (Wildman–Crippen LogP) is 18.6. The Morgan fingerprint density at radius 1 is 0.403 bits per heavy atom. The molecule has 0 saturated heterocycles. The van der Waals surface area contributed by atoms with E-state index in [1.54, 1.807) is 6.08 Å². The van der Waals surface area contributed by atoms with Crippen molar-refractivity contribution >= 4 is 11.9 Å². The van der Waals surface area contributed by atoms with Gasteiger partial charge in [-0.1, -0.05) is 282 Å². The summed E-state index contributed by atoms with van der Waals surface area (Å²) in [5, 5.41) is 23.2. The first-order valence-corrected chi connectivity index (χ1v) is 30.1. The maximum Gasteiger partial charge on any atom is 0.305 e.